The van der Waals surface area contributed by atoms with Crippen molar-refractivity contribution >= 4 is 15.9 Å². The molecule has 1 aromatic carbocycles. The highest BCUT2D eigenvalue weighted by Gasteiger charge is 2.02. The van der Waals surface area contributed by atoms with Crippen LogP contribution in [0.25, 0.3) is 0 Å². The van der Waals surface area contributed by atoms with Crippen molar-refractivity contribution in [3.63, 3.8) is 0 Å². The standard InChI is InChI=1S/C11H12BrFN4/c1-17-7-15-16-11(17)6-14-5-8-2-3-9(12)10(13)4-8/h2-4,7,14H,5-6H2,1H3. The van der Waals surface area contributed by atoms with Gasteiger partial charge in [0.05, 0.1) is 11.0 Å². The Balaban J connectivity index is 1.90. The van der Waals surface area contributed by atoms with Gasteiger partial charge in [-0.05, 0) is 33.6 Å². The predicted octanol–water partition coefficient (Wildman–Crippen LogP) is 2.01. The van der Waals surface area contributed by atoms with Gasteiger partial charge in [0, 0.05) is 13.6 Å². The summed E-state index contributed by atoms with van der Waals surface area (Å²) in [7, 11) is 1.89. The minimum absolute atomic E-state index is 0.247. The Bertz CT molecular complexity index is 512. The van der Waals surface area contributed by atoms with Gasteiger partial charge in [-0.25, -0.2) is 4.39 Å². The first kappa shape index (κ1) is 12.2. The van der Waals surface area contributed by atoms with E-state index in [1.54, 1.807) is 12.4 Å². The number of hydrogen-bond acceptors (Lipinski definition) is 3. The largest absolute Gasteiger partial charge is 0.320 e. The van der Waals surface area contributed by atoms with Crippen LogP contribution in [0.1, 0.15) is 11.4 Å². The molecule has 6 heteroatoms. The van der Waals surface area contributed by atoms with Gasteiger partial charge < -0.3 is 9.88 Å². The lowest BCUT2D eigenvalue weighted by Gasteiger charge is -2.05. The van der Waals surface area contributed by atoms with Crippen molar-refractivity contribution in [2.75, 3.05) is 0 Å². The molecule has 0 amide bonds. The van der Waals surface area contributed by atoms with Crippen LogP contribution in [0.4, 0.5) is 4.39 Å². The van der Waals surface area contributed by atoms with Gasteiger partial charge in [-0.15, -0.1) is 10.2 Å². The topological polar surface area (TPSA) is 42.7 Å². The highest BCUT2D eigenvalue weighted by atomic mass is 79.9. The molecule has 0 saturated heterocycles. The average Bonchev–Trinajstić information content (AvgIpc) is 2.70. The van der Waals surface area contributed by atoms with E-state index in [9.17, 15) is 4.39 Å². The van der Waals surface area contributed by atoms with E-state index in [2.05, 4.69) is 31.4 Å². The molecule has 0 aliphatic heterocycles. The molecule has 4 nitrogen and oxygen atoms in total. The van der Waals surface area contributed by atoms with Gasteiger partial charge in [0.2, 0.25) is 0 Å². The Morgan fingerprint density at radius 2 is 2.24 bits per heavy atom. The van der Waals surface area contributed by atoms with Crippen LogP contribution in [0.2, 0.25) is 0 Å². The molecule has 0 radical (unpaired) electrons. The van der Waals surface area contributed by atoms with Gasteiger partial charge in [0.1, 0.15) is 18.0 Å². The molecule has 0 aliphatic rings. The first-order valence-electron chi connectivity index (χ1n) is 5.14. The zero-order valence-electron chi connectivity index (χ0n) is 9.32. The van der Waals surface area contributed by atoms with Crippen molar-refractivity contribution < 1.29 is 4.39 Å². The number of aryl methyl sites for hydroxylation is 1. The molecule has 1 aromatic heterocycles. The van der Waals surface area contributed by atoms with E-state index in [4.69, 9.17) is 0 Å². The molecule has 0 aliphatic carbocycles. The fourth-order valence-corrected chi connectivity index (χ4v) is 1.68. The summed E-state index contributed by atoms with van der Waals surface area (Å²) in [4.78, 5) is 0. The number of nitrogens with one attached hydrogen (secondary N) is 1. The summed E-state index contributed by atoms with van der Waals surface area (Å²) in [5.41, 5.74) is 0.896. The minimum Gasteiger partial charge on any atom is -0.320 e. The van der Waals surface area contributed by atoms with Crippen LogP contribution in [0, 0.1) is 5.82 Å². The van der Waals surface area contributed by atoms with Crippen LogP contribution in [0.15, 0.2) is 29.0 Å². The first-order chi connectivity index (χ1) is 8.16. The zero-order chi connectivity index (χ0) is 12.3. The van der Waals surface area contributed by atoms with Gasteiger partial charge in [-0.3, -0.25) is 0 Å². The molecular formula is C11H12BrFN4. The molecular weight excluding hydrogens is 287 g/mol. The van der Waals surface area contributed by atoms with Crippen LogP contribution in [-0.2, 0) is 20.1 Å². The Labute approximate surface area is 107 Å². The highest BCUT2D eigenvalue weighted by molar-refractivity contribution is 9.10. The van der Waals surface area contributed by atoms with Crippen molar-refractivity contribution in [2.45, 2.75) is 13.1 Å². The summed E-state index contributed by atoms with van der Waals surface area (Å²) in [6.45, 7) is 1.20. The molecule has 1 heterocycles. The summed E-state index contributed by atoms with van der Waals surface area (Å²) in [6, 6.07) is 5.08. The van der Waals surface area contributed by atoms with E-state index in [1.165, 1.54) is 6.07 Å². The molecule has 0 fully saturated rings. The summed E-state index contributed by atoms with van der Waals surface area (Å²) in [5, 5.41) is 10.9. The van der Waals surface area contributed by atoms with E-state index in [1.807, 2.05) is 17.7 Å². The van der Waals surface area contributed by atoms with Crippen molar-refractivity contribution in [1.29, 1.82) is 0 Å². The summed E-state index contributed by atoms with van der Waals surface area (Å²) in [5.74, 6) is 0.602. The maximum Gasteiger partial charge on any atom is 0.146 e. The molecule has 90 valence electrons. The Hall–Kier alpha value is -1.27. The van der Waals surface area contributed by atoms with Gasteiger partial charge in [-0.1, -0.05) is 6.07 Å². The second-order valence-electron chi connectivity index (χ2n) is 3.71. The van der Waals surface area contributed by atoms with Crippen molar-refractivity contribution in [3.05, 3.63) is 46.2 Å². The Morgan fingerprint density at radius 3 is 2.88 bits per heavy atom. The second-order valence-corrected chi connectivity index (χ2v) is 4.56. The molecule has 0 bridgehead atoms. The SMILES string of the molecule is Cn1cnnc1CNCc1ccc(Br)c(F)c1. The van der Waals surface area contributed by atoms with Crippen LogP contribution in [0.5, 0.6) is 0 Å². The van der Waals surface area contributed by atoms with E-state index in [0.29, 0.717) is 17.6 Å². The quantitative estimate of drug-likeness (QED) is 0.939. The zero-order valence-corrected chi connectivity index (χ0v) is 10.9. The molecule has 0 atom stereocenters. The van der Waals surface area contributed by atoms with Gasteiger partial charge in [-0.2, -0.15) is 0 Å². The molecule has 1 N–H and O–H groups in total. The third-order valence-corrected chi connectivity index (χ3v) is 3.04. The summed E-state index contributed by atoms with van der Waals surface area (Å²) < 4.78 is 15.6. The molecule has 0 saturated carbocycles. The van der Waals surface area contributed by atoms with Gasteiger partial charge in [0.15, 0.2) is 0 Å². The predicted molar refractivity (Wildman–Crippen MR) is 65.6 cm³/mol. The maximum atomic E-state index is 13.2. The average molecular weight is 299 g/mol. The fraction of sp³-hybridized carbons (Fsp3) is 0.273. The van der Waals surface area contributed by atoms with Crippen LogP contribution >= 0.6 is 15.9 Å². The summed E-state index contributed by atoms with van der Waals surface area (Å²) in [6.07, 6.45) is 1.65. The molecule has 2 aromatic rings. The van der Waals surface area contributed by atoms with E-state index in [0.717, 1.165) is 11.4 Å². The number of rotatable bonds is 4. The molecule has 2 rings (SSSR count). The number of halogens is 2. The number of nitrogens with zero attached hydrogens (tertiary/aromatic N) is 3. The van der Waals surface area contributed by atoms with Crippen molar-refractivity contribution in [2.24, 2.45) is 7.05 Å². The van der Waals surface area contributed by atoms with Gasteiger partial charge >= 0.3 is 0 Å². The lowest BCUT2D eigenvalue weighted by molar-refractivity contribution is 0.608. The third kappa shape index (κ3) is 3.10. The first-order valence-corrected chi connectivity index (χ1v) is 5.93. The van der Waals surface area contributed by atoms with Crippen LogP contribution < -0.4 is 5.32 Å². The van der Waals surface area contributed by atoms with E-state index < -0.39 is 0 Å². The normalized spacial score (nSPS) is 10.8. The fourth-order valence-electron chi connectivity index (χ4n) is 1.44. The molecule has 0 spiro atoms. The number of hydrogen-bond donors (Lipinski definition) is 1. The van der Waals surface area contributed by atoms with Crippen molar-refractivity contribution in [1.82, 2.24) is 20.1 Å². The molecule has 0 unspecified atom stereocenters. The maximum absolute atomic E-state index is 13.2. The lowest BCUT2D eigenvalue weighted by Crippen LogP contribution is -2.15. The Kier molecular flexibility index (Phi) is 3.86. The monoisotopic (exact) mass is 298 g/mol. The molecule has 17 heavy (non-hydrogen) atoms. The Morgan fingerprint density at radius 1 is 1.41 bits per heavy atom. The van der Waals surface area contributed by atoms with Crippen LogP contribution in [0.3, 0.4) is 0 Å². The van der Waals surface area contributed by atoms with Crippen LogP contribution in [-0.4, -0.2) is 14.8 Å². The lowest BCUT2D eigenvalue weighted by atomic mass is 10.2. The second kappa shape index (κ2) is 5.37. The summed E-state index contributed by atoms with van der Waals surface area (Å²) >= 11 is 3.12. The smallest absolute Gasteiger partial charge is 0.146 e. The van der Waals surface area contributed by atoms with E-state index >= 15 is 0 Å². The minimum atomic E-state index is -0.247. The number of benzene rings is 1. The van der Waals surface area contributed by atoms with E-state index in [-0.39, 0.29) is 5.82 Å². The number of aromatic nitrogens is 3. The highest BCUT2D eigenvalue weighted by Crippen LogP contribution is 2.16. The van der Waals surface area contributed by atoms with Gasteiger partial charge in [0.25, 0.3) is 0 Å². The third-order valence-electron chi connectivity index (χ3n) is 2.40. The van der Waals surface area contributed by atoms with Crippen molar-refractivity contribution in [3.8, 4) is 0 Å².